The fourth-order valence-electron chi connectivity index (χ4n) is 1.46. The predicted octanol–water partition coefficient (Wildman–Crippen LogP) is 2.02. The lowest BCUT2D eigenvalue weighted by molar-refractivity contribution is 0.562. The van der Waals surface area contributed by atoms with Crippen molar-refractivity contribution in [1.29, 1.82) is 0 Å². The first-order chi connectivity index (χ1) is 6.31. The maximum Gasteiger partial charge on any atom is 0.235 e. The SMILES string of the molecule is O=C=NC1CC1c1ccc(F)cc1. The van der Waals surface area contributed by atoms with E-state index in [4.69, 9.17) is 0 Å². The molecule has 66 valence electrons. The van der Waals surface area contributed by atoms with Gasteiger partial charge in [0.1, 0.15) is 5.82 Å². The number of halogens is 1. The van der Waals surface area contributed by atoms with Crippen molar-refractivity contribution in [3.05, 3.63) is 35.6 Å². The van der Waals surface area contributed by atoms with Crippen molar-refractivity contribution >= 4 is 6.08 Å². The van der Waals surface area contributed by atoms with Gasteiger partial charge in [0.05, 0.1) is 6.04 Å². The van der Waals surface area contributed by atoms with Gasteiger partial charge < -0.3 is 0 Å². The number of carbonyl (C=O) groups excluding carboxylic acids is 1. The van der Waals surface area contributed by atoms with Gasteiger partial charge in [-0.1, -0.05) is 12.1 Å². The normalized spacial score (nSPS) is 25.0. The summed E-state index contributed by atoms with van der Waals surface area (Å²) in [4.78, 5) is 13.6. The minimum atomic E-state index is -0.236. The monoisotopic (exact) mass is 177 g/mol. The van der Waals surface area contributed by atoms with Gasteiger partial charge in [-0.25, -0.2) is 14.2 Å². The van der Waals surface area contributed by atoms with Crippen LogP contribution in [0.15, 0.2) is 29.3 Å². The molecule has 0 radical (unpaired) electrons. The molecule has 1 aliphatic rings. The Bertz CT molecular complexity index is 354. The second-order valence-electron chi connectivity index (χ2n) is 3.18. The van der Waals surface area contributed by atoms with Gasteiger partial charge in [-0.15, -0.1) is 0 Å². The number of aliphatic imine (C=N–C) groups is 1. The van der Waals surface area contributed by atoms with Crippen molar-refractivity contribution in [3.63, 3.8) is 0 Å². The molecule has 1 aliphatic carbocycles. The van der Waals surface area contributed by atoms with Crippen molar-refractivity contribution < 1.29 is 9.18 Å². The molecule has 13 heavy (non-hydrogen) atoms. The second kappa shape index (κ2) is 3.11. The standard InChI is InChI=1S/C10H8FNO/c11-8-3-1-7(2-4-8)9-5-10(9)12-6-13/h1-4,9-10H,5H2. The first-order valence-corrected chi connectivity index (χ1v) is 4.13. The summed E-state index contributed by atoms with van der Waals surface area (Å²) in [5.74, 6) is 0.0573. The molecule has 2 unspecified atom stereocenters. The lowest BCUT2D eigenvalue weighted by Crippen LogP contribution is -1.84. The van der Waals surface area contributed by atoms with Crippen molar-refractivity contribution in [3.8, 4) is 0 Å². The molecule has 0 N–H and O–H groups in total. The smallest absolute Gasteiger partial charge is 0.211 e. The summed E-state index contributed by atoms with van der Waals surface area (Å²) in [5, 5.41) is 0. The maximum absolute atomic E-state index is 12.5. The Kier molecular flexibility index (Phi) is 1.95. The molecule has 2 rings (SSSR count). The van der Waals surface area contributed by atoms with Gasteiger partial charge in [-0.05, 0) is 24.1 Å². The lowest BCUT2D eigenvalue weighted by atomic mass is 10.1. The summed E-state index contributed by atoms with van der Waals surface area (Å²) < 4.78 is 12.5. The molecule has 0 amide bonds. The average Bonchev–Trinajstić information content (AvgIpc) is 2.86. The zero-order chi connectivity index (χ0) is 9.26. The Morgan fingerprint density at radius 3 is 2.69 bits per heavy atom. The molecule has 0 saturated heterocycles. The number of isocyanates is 1. The van der Waals surface area contributed by atoms with Gasteiger partial charge in [0.25, 0.3) is 0 Å². The Morgan fingerprint density at radius 2 is 2.08 bits per heavy atom. The van der Waals surface area contributed by atoms with Crippen LogP contribution in [0.2, 0.25) is 0 Å². The molecule has 0 spiro atoms. The van der Waals surface area contributed by atoms with E-state index in [2.05, 4.69) is 4.99 Å². The molecular weight excluding hydrogens is 169 g/mol. The highest BCUT2D eigenvalue weighted by Gasteiger charge is 2.38. The molecule has 0 aromatic heterocycles. The van der Waals surface area contributed by atoms with Crippen molar-refractivity contribution in [2.24, 2.45) is 4.99 Å². The van der Waals surface area contributed by atoms with E-state index >= 15 is 0 Å². The highest BCUT2D eigenvalue weighted by atomic mass is 19.1. The van der Waals surface area contributed by atoms with Crippen LogP contribution in [0, 0.1) is 5.82 Å². The van der Waals surface area contributed by atoms with Crippen LogP contribution in [0.5, 0.6) is 0 Å². The lowest BCUT2D eigenvalue weighted by Gasteiger charge is -1.95. The van der Waals surface area contributed by atoms with Crippen molar-refractivity contribution in [2.75, 3.05) is 0 Å². The molecule has 0 aliphatic heterocycles. The molecule has 0 heterocycles. The van der Waals surface area contributed by atoms with Gasteiger partial charge in [0.15, 0.2) is 0 Å². The number of hydrogen-bond acceptors (Lipinski definition) is 2. The highest BCUT2D eigenvalue weighted by Crippen LogP contribution is 2.43. The van der Waals surface area contributed by atoms with E-state index in [0.29, 0.717) is 5.92 Å². The van der Waals surface area contributed by atoms with Gasteiger partial charge in [-0.2, -0.15) is 0 Å². The number of rotatable bonds is 2. The highest BCUT2D eigenvalue weighted by molar-refractivity contribution is 5.38. The molecule has 1 aromatic rings. The fraction of sp³-hybridized carbons (Fsp3) is 0.300. The van der Waals surface area contributed by atoms with E-state index in [-0.39, 0.29) is 11.9 Å². The average molecular weight is 177 g/mol. The van der Waals surface area contributed by atoms with E-state index in [0.717, 1.165) is 12.0 Å². The van der Waals surface area contributed by atoms with E-state index in [1.807, 2.05) is 0 Å². The number of benzene rings is 1. The third-order valence-corrected chi connectivity index (χ3v) is 2.27. The summed E-state index contributed by atoms with van der Waals surface area (Å²) >= 11 is 0. The summed E-state index contributed by atoms with van der Waals surface area (Å²) in [5.41, 5.74) is 1.05. The minimum absolute atomic E-state index is 0.0722. The Morgan fingerprint density at radius 1 is 1.38 bits per heavy atom. The van der Waals surface area contributed by atoms with Crippen molar-refractivity contribution in [1.82, 2.24) is 0 Å². The molecule has 1 aromatic carbocycles. The van der Waals surface area contributed by atoms with Crippen LogP contribution in [0.3, 0.4) is 0 Å². The molecule has 2 nitrogen and oxygen atoms in total. The topological polar surface area (TPSA) is 29.4 Å². The summed E-state index contributed by atoms with van der Waals surface area (Å²) in [7, 11) is 0. The minimum Gasteiger partial charge on any atom is -0.211 e. The van der Waals surface area contributed by atoms with Gasteiger partial charge in [-0.3, -0.25) is 0 Å². The van der Waals surface area contributed by atoms with Crippen LogP contribution in [-0.2, 0) is 4.79 Å². The van der Waals surface area contributed by atoms with E-state index in [1.54, 1.807) is 18.2 Å². The van der Waals surface area contributed by atoms with Gasteiger partial charge in [0.2, 0.25) is 6.08 Å². The Balaban J connectivity index is 2.12. The van der Waals surface area contributed by atoms with Crippen LogP contribution < -0.4 is 0 Å². The van der Waals surface area contributed by atoms with Gasteiger partial charge in [0, 0.05) is 5.92 Å². The number of nitrogens with zero attached hydrogens (tertiary/aromatic N) is 1. The van der Waals surface area contributed by atoms with E-state index < -0.39 is 0 Å². The van der Waals surface area contributed by atoms with E-state index in [9.17, 15) is 9.18 Å². The summed E-state index contributed by atoms with van der Waals surface area (Å²) in [6, 6.07) is 6.40. The van der Waals surface area contributed by atoms with Gasteiger partial charge >= 0.3 is 0 Å². The number of hydrogen-bond donors (Lipinski definition) is 0. The molecule has 0 bridgehead atoms. The Labute approximate surface area is 75.1 Å². The molecule has 3 heteroatoms. The fourth-order valence-corrected chi connectivity index (χ4v) is 1.46. The largest absolute Gasteiger partial charge is 0.235 e. The molecule has 1 fully saturated rings. The summed E-state index contributed by atoms with van der Waals surface area (Å²) in [6.07, 6.45) is 2.42. The molecular formula is C10H8FNO. The Hall–Kier alpha value is -1.47. The first-order valence-electron chi connectivity index (χ1n) is 4.13. The summed E-state index contributed by atoms with van der Waals surface area (Å²) in [6.45, 7) is 0. The quantitative estimate of drug-likeness (QED) is 0.502. The van der Waals surface area contributed by atoms with Crippen LogP contribution in [-0.4, -0.2) is 12.1 Å². The van der Waals surface area contributed by atoms with Crippen LogP contribution in [0.1, 0.15) is 17.9 Å². The third-order valence-electron chi connectivity index (χ3n) is 2.27. The van der Waals surface area contributed by atoms with Crippen LogP contribution >= 0.6 is 0 Å². The first kappa shape index (κ1) is 8.14. The van der Waals surface area contributed by atoms with Crippen molar-refractivity contribution in [2.45, 2.75) is 18.4 Å². The van der Waals surface area contributed by atoms with E-state index in [1.165, 1.54) is 12.1 Å². The zero-order valence-electron chi connectivity index (χ0n) is 6.90. The van der Waals surface area contributed by atoms with Crippen LogP contribution in [0.4, 0.5) is 4.39 Å². The predicted molar refractivity (Wildman–Crippen MR) is 45.7 cm³/mol. The zero-order valence-corrected chi connectivity index (χ0v) is 6.90. The second-order valence-corrected chi connectivity index (χ2v) is 3.18. The molecule has 2 atom stereocenters. The third kappa shape index (κ3) is 1.65. The maximum atomic E-state index is 12.5. The molecule has 1 saturated carbocycles. The van der Waals surface area contributed by atoms with Crippen LogP contribution in [0.25, 0.3) is 0 Å².